The molecule has 0 aliphatic carbocycles. The van der Waals surface area contributed by atoms with Crippen molar-refractivity contribution in [2.45, 2.75) is 32.8 Å². The molecule has 20 heavy (non-hydrogen) atoms. The fourth-order valence-electron chi connectivity index (χ4n) is 1.62. The van der Waals surface area contributed by atoms with Crippen LogP contribution in [-0.2, 0) is 14.6 Å². The largest absolute Gasteiger partial charge is 0.483 e. The number of Topliss-reactive ketones (excluding diaryl/α,β-unsaturated/α-hetero) is 1. The van der Waals surface area contributed by atoms with Crippen LogP contribution < -0.4 is 4.74 Å². The zero-order chi connectivity index (χ0) is 15.2. The van der Waals surface area contributed by atoms with Gasteiger partial charge in [-0.1, -0.05) is 24.6 Å². The van der Waals surface area contributed by atoms with E-state index in [1.807, 2.05) is 0 Å². The fourth-order valence-corrected chi connectivity index (χ4v) is 2.68. The van der Waals surface area contributed by atoms with Gasteiger partial charge in [-0.05, 0) is 31.5 Å². The zero-order valence-corrected chi connectivity index (χ0v) is 13.2. The number of ether oxygens (including phenoxy) is 1. The monoisotopic (exact) mass is 318 g/mol. The summed E-state index contributed by atoms with van der Waals surface area (Å²) in [6.45, 7) is 3.25. The topological polar surface area (TPSA) is 60.4 Å². The molecule has 0 saturated carbocycles. The SMILES string of the molecule is CCS(=O)(=O)CCCC(=O)C(C)Oc1cccc(Cl)c1. The van der Waals surface area contributed by atoms with E-state index in [9.17, 15) is 13.2 Å². The number of carbonyl (C=O) groups excluding carboxylic acids is 1. The molecule has 1 aromatic rings. The van der Waals surface area contributed by atoms with Gasteiger partial charge in [0.1, 0.15) is 15.6 Å². The second-order valence-corrected chi connectivity index (χ2v) is 7.43. The lowest BCUT2D eigenvalue weighted by atomic mass is 10.1. The van der Waals surface area contributed by atoms with E-state index in [0.717, 1.165) is 0 Å². The van der Waals surface area contributed by atoms with Gasteiger partial charge in [0.05, 0.1) is 5.75 Å². The van der Waals surface area contributed by atoms with Crippen molar-refractivity contribution in [3.8, 4) is 5.75 Å². The van der Waals surface area contributed by atoms with E-state index in [0.29, 0.717) is 17.2 Å². The Labute approximate surface area is 125 Å². The summed E-state index contributed by atoms with van der Waals surface area (Å²) in [6.07, 6.45) is -0.0862. The van der Waals surface area contributed by atoms with E-state index in [2.05, 4.69) is 0 Å². The van der Waals surface area contributed by atoms with E-state index < -0.39 is 15.9 Å². The Morgan fingerprint density at radius 2 is 2.10 bits per heavy atom. The highest BCUT2D eigenvalue weighted by atomic mass is 35.5. The molecule has 0 aliphatic heterocycles. The lowest BCUT2D eigenvalue weighted by molar-refractivity contribution is -0.125. The standard InChI is InChI=1S/C14H19ClO4S/c1-3-20(17,18)9-5-8-14(16)11(2)19-13-7-4-6-12(15)10-13/h4,6-7,10-11H,3,5,8-9H2,1-2H3. The normalized spacial score (nSPS) is 12.9. The number of sulfone groups is 1. The van der Waals surface area contributed by atoms with Gasteiger partial charge in [0, 0.05) is 17.2 Å². The molecule has 0 N–H and O–H groups in total. The summed E-state index contributed by atoms with van der Waals surface area (Å²) < 4.78 is 28.1. The molecule has 0 aromatic heterocycles. The summed E-state index contributed by atoms with van der Waals surface area (Å²) in [4.78, 5) is 11.9. The van der Waals surface area contributed by atoms with Crippen LogP contribution in [0, 0.1) is 0 Å². The molecule has 0 heterocycles. The highest BCUT2D eigenvalue weighted by Gasteiger charge is 2.16. The number of hydrogen-bond acceptors (Lipinski definition) is 4. The molecule has 6 heteroatoms. The molecular weight excluding hydrogens is 300 g/mol. The van der Waals surface area contributed by atoms with Crippen molar-refractivity contribution >= 4 is 27.2 Å². The molecule has 0 saturated heterocycles. The predicted octanol–water partition coefficient (Wildman–Crippen LogP) is 2.89. The molecule has 1 atom stereocenters. The van der Waals surface area contributed by atoms with Gasteiger partial charge >= 0.3 is 0 Å². The van der Waals surface area contributed by atoms with Crippen LogP contribution in [0.1, 0.15) is 26.7 Å². The molecule has 0 spiro atoms. The Morgan fingerprint density at radius 1 is 1.40 bits per heavy atom. The van der Waals surface area contributed by atoms with Crippen LogP contribution in [0.15, 0.2) is 24.3 Å². The zero-order valence-electron chi connectivity index (χ0n) is 11.6. The van der Waals surface area contributed by atoms with E-state index in [4.69, 9.17) is 16.3 Å². The van der Waals surface area contributed by atoms with Crippen LogP contribution in [0.2, 0.25) is 5.02 Å². The molecule has 1 rings (SSSR count). The Balaban J connectivity index is 2.44. The Bertz CT molecular complexity index is 554. The van der Waals surface area contributed by atoms with Gasteiger partial charge in [-0.2, -0.15) is 0 Å². The number of ketones is 1. The van der Waals surface area contributed by atoms with Gasteiger partial charge < -0.3 is 4.74 Å². The summed E-state index contributed by atoms with van der Waals surface area (Å²) >= 11 is 5.83. The summed E-state index contributed by atoms with van der Waals surface area (Å²) in [5.74, 6) is 0.560. The van der Waals surface area contributed by atoms with Crippen molar-refractivity contribution in [2.24, 2.45) is 0 Å². The van der Waals surface area contributed by atoms with Crippen molar-refractivity contribution in [1.82, 2.24) is 0 Å². The van der Waals surface area contributed by atoms with Crippen LogP contribution in [0.5, 0.6) is 5.75 Å². The van der Waals surface area contributed by atoms with Gasteiger partial charge in [-0.15, -0.1) is 0 Å². The summed E-state index contributed by atoms with van der Waals surface area (Å²) in [5.41, 5.74) is 0. The number of rotatable bonds is 8. The molecule has 0 fully saturated rings. The maximum absolute atomic E-state index is 11.9. The highest BCUT2D eigenvalue weighted by Crippen LogP contribution is 2.19. The summed E-state index contributed by atoms with van der Waals surface area (Å²) in [5, 5.41) is 0.538. The van der Waals surface area contributed by atoms with Gasteiger partial charge in [0.15, 0.2) is 11.9 Å². The molecule has 112 valence electrons. The maximum atomic E-state index is 11.9. The first-order valence-corrected chi connectivity index (χ1v) is 8.69. The van der Waals surface area contributed by atoms with E-state index in [-0.39, 0.29) is 23.7 Å². The fraction of sp³-hybridized carbons (Fsp3) is 0.500. The lowest BCUT2D eigenvalue weighted by Crippen LogP contribution is -2.24. The first-order chi connectivity index (χ1) is 9.34. The number of benzene rings is 1. The number of carbonyl (C=O) groups is 1. The minimum atomic E-state index is -3.02. The Hall–Kier alpha value is -1.07. The number of hydrogen-bond donors (Lipinski definition) is 0. The Kier molecular flexibility index (Phi) is 6.49. The first kappa shape index (κ1) is 17.0. The van der Waals surface area contributed by atoms with Gasteiger partial charge in [0.25, 0.3) is 0 Å². The van der Waals surface area contributed by atoms with Crippen molar-refractivity contribution in [3.63, 3.8) is 0 Å². The van der Waals surface area contributed by atoms with Crippen LogP contribution in [-0.4, -0.2) is 31.8 Å². The van der Waals surface area contributed by atoms with Gasteiger partial charge in [0.2, 0.25) is 0 Å². The molecule has 1 unspecified atom stereocenters. The van der Waals surface area contributed by atoms with Gasteiger partial charge in [-0.3, -0.25) is 4.79 Å². The average Bonchev–Trinajstić information content (AvgIpc) is 2.38. The van der Waals surface area contributed by atoms with Crippen LogP contribution in [0.25, 0.3) is 0 Å². The van der Waals surface area contributed by atoms with Crippen LogP contribution in [0.4, 0.5) is 0 Å². The highest BCUT2D eigenvalue weighted by molar-refractivity contribution is 7.91. The third-order valence-electron chi connectivity index (χ3n) is 2.88. The minimum absolute atomic E-state index is 0.0408. The maximum Gasteiger partial charge on any atom is 0.173 e. The van der Waals surface area contributed by atoms with Crippen LogP contribution >= 0.6 is 11.6 Å². The van der Waals surface area contributed by atoms with E-state index in [1.54, 1.807) is 38.1 Å². The smallest absolute Gasteiger partial charge is 0.173 e. The lowest BCUT2D eigenvalue weighted by Gasteiger charge is -2.13. The van der Waals surface area contributed by atoms with E-state index >= 15 is 0 Å². The molecular formula is C14H19ClO4S. The third kappa shape index (κ3) is 5.92. The first-order valence-electron chi connectivity index (χ1n) is 6.49. The Morgan fingerprint density at radius 3 is 2.70 bits per heavy atom. The molecule has 4 nitrogen and oxygen atoms in total. The molecule has 0 radical (unpaired) electrons. The molecule has 1 aromatic carbocycles. The van der Waals surface area contributed by atoms with Crippen LogP contribution in [0.3, 0.4) is 0 Å². The predicted molar refractivity (Wildman–Crippen MR) is 80.1 cm³/mol. The van der Waals surface area contributed by atoms with Crippen molar-refractivity contribution in [2.75, 3.05) is 11.5 Å². The second-order valence-electron chi connectivity index (χ2n) is 4.52. The number of halogens is 1. The molecule has 0 aliphatic rings. The second kappa shape index (κ2) is 7.64. The van der Waals surface area contributed by atoms with Crippen molar-refractivity contribution < 1.29 is 17.9 Å². The van der Waals surface area contributed by atoms with E-state index in [1.165, 1.54) is 0 Å². The summed E-state index contributed by atoms with van der Waals surface area (Å²) in [6, 6.07) is 6.81. The molecule has 0 amide bonds. The average molecular weight is 319 g/mol. The van der Waals surface area contributed by atoms with Crippen molar-refractivity contribution in [3.05, 3.63) is 29.3 Å². The quantitative estimate of drug-likeness (QED) is 0.739. The van der Waals surface area contributed by atoms with Gasteiger partial charge in [-0.25, -0.2) is 8.42 Å². The van der Waals surface area contributed by atoms with Crippen molar-refractivity contribution in [1.29, 1.82) is 0 Å². The third-order valence-corrected chi connectivity index (χ3v) is 4.91. The summed E-state index contributed by atoms with van der Waals surface area (Å²) in [7, 11) is -3.02. The molecule has 0 bridgehead atoms. The minimum Gasteiger partial charge on any atom is -0.483 e.